The van der Waals surface area contributed by atoms with Crippen LogP contribution in [0.15, 0.2) is 0 Å². The number of hydrogen-bond donors (Lipinski definition) is 3. The first-order chi connectivity index (χ1) is 16.5. The summed E-state index contributed by atoms with van der Waals surface area (Å²) in [5.41, 5.74) is 3.31. The average Bonchev–Trinajstić information content (AvgIpc) is 3.03. The SMILES string of the molecule is CC(C)(C)CC(NC(=O)[C@@H]1[C@@H]2[C@H](CN1C(=O)[C@@H](NC(=O)OC(C)(C)C)C(C)(C)C)C2(C)C)C(=O)C(N)=O. The van der Waals surface area contributed by atoms with Gasteiger partial charge in [-0.05, 0) is 55.3 Å². The van der Waals surface area contributed by atoms with E-state index in [2.05, 4.69) is 10.6 Å². The molecule has 0 aromatic carbocycles. The van der Waals surface area contributed by atoms with Crippen molar-refractivity contribution < 1.29 is 28.7 Å². The molecule has 0 aromatic heterocycles. The van der Waals surface area contributed by atoms with Crippen LogP contribution in [-0.2, 0) is 23.9 Å². The van der Waals surface area contributed by atoms with E-state index < -0.39 is 58.7 Å². The lowest BCUT2D eigenvalue weighted by atomic mass is 9.85. The Bertz CT molecular complexity index is 953. The van der Waals surface area contributed by atoms with E-state index in [4.69, 9.17) is 10.5 Å². The highest BCUT2D eigenvalue weighted by Gasteiger charge is 2.70. The molecule has 0 radical (unpaired) electrons. The van der Waals surface area contributed by atoms with Crippen LogP contribution >= 0.6 is 0 Å². The summed E-state index contributed by atoms with van der Waals surface area (Å²) < 4.78 is 5.38. The zero-order valence-corrected chi connectivity index (χ0v) is 24.3. The summed E-state index contributed by atoms with van der Waals surface area (Å²) in [5.74, 6) is -2.90. The lowest BCUT2D eigenvalue weighted by molar-refractivity contribution is -0.145. The standard InChI is InChI=1S/C27H46N4O6/c1-24(2,3)12-15(18(32)20(28)33)29-21(34)17-16-14(27(16,10)11)13-31(17)22(35)19(25(4,5)6)30-23(36)37-26(7,8)9/h14-17,19H,12-13H2,1-11H3,(H2,28,33)(H,29,34)(H,30,36)/t14-,15?,16-,17-,19+/m0/s1. The Balaban J connectivity index is 2.35. The van der Waals surface area contributed by atoms with Crippen molar-refractivity contribution in [1.29, 1.82) is 0 Å². The molecular formula is C27H46N4O6. The number of ketones is 1. The van der Waals surface area contributed by atoms with Crippen molar-refractivity contribution >= 4 is 29.6 Å². The minimum atomic E-state index is -1.12. The van der Waals surface area contributed by atoms with E-state index in [9.17, 15) is 24.0 Å². The van der Waals surface area contributed by atoms with Crippen LogP contribution in [0.2, 0.25) is 0 Å². The summed E-state index contributed by atoms with van der Waals surface area (Å²) >= 11 is 0. The molecule has 2 rings (SSSR count). The molecule has 1 saturated carbocycles. The van der Waals surface area contributed by atoms with Gasteiger partial charge >= 0.3 is 6.09 Å². The Kier molecular flexibility index (Phi) is 8.19. The normalized spacial score (nSPS) is 24.4. The van der Waals surface area contributed by atoms with Gasteiger partial charge in [0.05, 0.1) is 6.04 Å². The fourth-order valence-electron chi connectivity index (χ4n) is 5.30. The Morgan fingerprint density at radius 2 is 1.51 bits per heavy atom. The van der Waals surface area contributed by atoms with E-state index in [0.29, 0.717) is 6.54 Å². The quantitative estimate of drug-likeness (QED) is 0.437. The maximum atomic E-state index is 13.9. The van der Waals surface area contributed by atoms with Crippen LogP contribution in [0.4, 0.5) is 4.79 Å². The third kappa shape index (κ3) is 7.23. The third-order valence-corrected chi connectivity index (χ3v) is 7.23. The number of primary amides is 1. The van der Waals surface area contributed by atoms with Gasteiger partial charge in [0.15, 0.2) is 0 Å². The van der Waals surface area contributed by atoms with Crippen LogP contribution in [-0.4, -0.2) is 64.8 Å². The molecule has 1 saturated heterocycles. The number of likely N-dealkylation sites (tertiary alicyclic amines) is 1. The van der Waals surface area contributed by atoms with Crippen LogP contribution in [0.3, 0.4) is 0 Å². The molecule has 4 amide bonds. The molecule has 1 aliphatic carbocycles. The lowest BCUT2D eigenvalue weighted by Crippen LogP contribution is -2.61. The summed E-state index contributed by atoms with van der Waals surface area (Å²) in [6, 6.07) is -2.89. The fraction of sp³-hybridized carbons (Fsp3) is 0.815. The number of fused-ring (bicyclic) bond motifs is 1. The van der Waals surface area contributed by atoms with Crippen molar-refractivity contribution in [2.75, 3.05) is 6.54 Å². The predicted molar refractivity (Wildman–Crippen MR) is 139 cm³/mol. The molecule has 1 heterocycles. The largest absolute Gasteiger partial charge is 0.444 e. The third-order valence-electron chi connectivity index (χ3n) is 7.23. The number of alkyl carbamates (subject to hydrolysis) is 1. The van der Waals surface area contributed by atoms with E-state index >= 15 is 0 Å². The number of amides is 4. The Labute approximate surface area is 220 Å². The van der Waals surface area contributed by atoms with Crippen molar-refractivity contribution in [3.8, 4) is 0 Å². The molecule has 5 atom stereocenters. The number of piperidine rings is 1. The van der Waals surface area contributed by atoms with Gasteiger partial charge in [-0.2, -0.15) is 0 Å². The highest BCUT2D eigenvalue weighted by atomic mass is 16.6. The van der Waals surface area contributed by atoms with E-state index in [1.165, 1.54) is 4.90 Å². The minimum absolute atomic E-state index is 0.0993. The van der Waals surface area contributed by atoms with Crippen molar-refractivity contribution in [2.24, 2.45) is 33.8 Å². The summed E-state index contributed by atoms with van der Waals surface area (Å²) in [5, 5.41) is 5.44. The number of rotatable bonds is 7. The summed E-state index contributed by atoms with van der Waals surface area (Å²) in [6.45, 7) is 20.8. The van der Waals surface area contributed by atoms with Crippen LogP contribution < -0.4 is 16.4 Å². The van der Waals surface area contributed by atoms with Gasteiger partial charge in [-0.3, -0.25) is 19.2 Å². The molecule has 0 aromatic rings. The van der Waals surface area contributed by atoms with Crippen LogP contribution in [0.5, 0.6) is 0 Å². The maximum Gasteiger partial charge on any atom is 0.408 e. The molecule has 10 nitrogen and oxygen atoms in total. The van der Waals surface area contributed by atoms with Gasteiger partial charge in [0.25, 0.3) is 5.91 Å². The van der Waals surface area contributed by atoms with Crippen molar-refractivity contribution in [2.45, 2.75) is 106 Å². The summed E-state index contributed by atoms with van der Waals surface area (Å²) in [7, 11) is 0. The lowest BCUT2D eigenvalue weighted by Gasteiger charge is -2.38. The van der Waals surface area contributed by atoms with Gasteiger partial charge in [0.1, 0.15) is 17.7 Å². The van der Waals surface area contributed by atoms with Gasteiger partial charge in [0, 0.05) is 6.54 Å². The molecule has 2 aliphatic rings. The van der Waals surface area contributed by atoms with E-state index in [-0.39, 0.29) is 29.1 Å². The predicted octanol–water partition coefficient (Wildman–Crippen LogP) is 2.38. The number of hydrogen-bond acceptors (Lipinski definition) is 6. The highest BCUT2D eigenvalue weighted by molar-refractivity contribution is 6.37. The first-order valence-corrected chi connectivity index (χ1v) is 12.9. The maximum absolute atomic E-state index is 13.9. The zero-order valence-electron chi connectivity index (χ0n) is 24.3. The number of nitrogens with one attached hydrogen (secondary N) is 2. The Morgan fingerprint density at radius 1 is 0.973 bits per heavy atom. The molecule has 2 fully saturated rings. The second-order valence-electron chi connectivity index (χ2n) is 14.4. The smallest absolute Gasteiger partial charge is 0.408 e. The zero-order chi connectivity index (χ0) is 28.9. The number of nitrogens with two attached hydrogens (primary N) is 1. The molecule has 37 heavy (non-hydrogen) atoms. The number of nitrogens with zero attached hydrogens (tertiary/aromatic N) is 1. The van der Waals surface area contributed by atoms with Gasteiger partial charge in [0.2, 0.25) is 17.6 Å². The minimum Gasteiger partial charge on any atom is -0.444 e. The van der Waals surface area contributed by atoms with Crippen molar-refractivity contribution in [1.82, 2.24) is 15.5 Å². The van der Waals surface area contributed by atoms with E-state index in [0.717, 1.165) is 0 Å². The molecule has 10 heteroatoms. The number of carbonyl (C=O) groups is 5. The number of ether oxygens (including phenoxy) is 1. The molecule has 1 unspecified atom stereocenters. The summed E-state index contributed by atoms with van der Waals surface area (Å²) in [6.07, 6.45) is -0.507. The van der Waals surface area contributed by atoms with Crippen LogP contribution in [0.25, 0.3) is 0 Å². The van der Waals surface area contributed by atoms with E-state index in [1.807, 2.05) is 55.4 Å². The molecule has 210 valence electrons. The molecule has 4 N–H and O–H groups in total. The molecule has 0 spiro atoms. The topological polar surface area (TPSA) is 148 Å². The van der Waals surface area contributed by atoms with Crippen molar-refractivity contribution in [3.05, 3.63) is 0 Å². The second-order valence-corrected chi connectivity index (χ2v) is 14.4. The second kappa shape index (κ2) is 9.91. The first-order valence-electron chi connectivity index (χ1n) is 12.9. The van der Waals surface area contributed by atoms with Gasteiger partial charge in [-0.15, -0.1) is 0 Å². The van der Waals surface area contributed by atoms with Crippen LogP contribution in [0.1, 0.15) is 82.6 Å². The molecule has 1 aliphatic heterocycles. The van der Waals surface area contributed by atoms with Crippen LogP contribution in [0, 0.1) is 28.1 Å². The van der Waals surface area contributed by atoms with Gasteiger partial charge in [-0.1, -0.05) is 55.4 Å². The molecule has 0 bridgehead atoms. The van der Waals surface area contributed by atoms with Gasteiger partial charge in [-0.25, -0.2) is 4.79 Å². The van der Waals surface area contributed by atoms with Crippen molar-refractivity contribution in [3.63, 3.8) is 0 Å². The number of carbonyl (C=O) groups excluding carboxylic acids is 5. The average molecular weight is 523 g/mol. The van der Waals surface area contributed by atoms with E-state index in [1.54, 1.807) is 20.8 Å². The first kappa shape index (κ1) is 30.6. The Morgan fingerprint density at radius 3 is 1.95 bits per heavy atom. The Hall–Kier alpha value is -2.65. The summed E-state index contributed by atoms with van der Waals surface area (Å²) in [4.78, 5) is 65.9. The number of Topliss-reactive ketones (excluding diaryl/α,β-unsaturated/α-hetero) is 1. The molecular weight excluding hydrogens is 476 g/mol. The monoisotopic (exact) mass is 522 g/mol. The fourth-order valence-corrected chi connectivity index (χ4v) is 5.30. The van der Waals surface area contributed by atoms with Gasteiger partial charge < -0.3 is 26.0 Å². The highest BCUT2D eigenvalue weighted by Crippen LogP contribution is 2.65.